The van der Waals surface area contributed by atoms with Crippen LogP contribution in [0.2, 0.25) is 0 Å². The van der Waals surface area contributed by atoms with Gasteiger partial charge in [-0.2, -0.15) is 0 Å². The van der Waals surface area contributed by atoms with Gasteiger partial charge in [0.1, 0.15) is 11.5 Å². The number of ether oxygens (including phenoxy) is 2. The van der Waals surface area contributed by atoms with Crippen LogP contribution < -0.4 is 9.47 Å². The maximum absolute atomic E-state index is 5.28. The van der Waals surface area contributed by atoms with Crippen molar-refractivity contribution in [2.45, 2.75) is 13.8 Å². The highest BCUT2D eigenvalue weighted by atomic mass is 79.9. The number of hydrogen-bond donors (Lipinski definition) is 0. The summed E-state index contributed by atoms with van der Waals surface area (Å²) in [5, 5.41) is 0. The van der Waals surface area contributed by atoms with Gasteiger partial charge in [-0.3, -0.25) is 0 Å². The minimum atomic E-state index is 0.855. The lowest BCUT2D eigenvalue weighted by Crippen LogP contribution is -1.96. The second-order valence-corrected chi connectivity index (χ2v) is 7.67. The number of benzene rings is 3. The molecule has 3 aromatic carbocycles. The third kappa shape index (κ3) is 3.40. The van der Waals surface area contributed by atoms with E-state index in [-0.39, 0.29) is 0 Å². The molecule has 0 aliphatic carbocycles. The molecule has 4 heteroatoms. The van der Waals surface area contributed by atoms with Gasteiger partial charge in [0.15, 0.2) is 0 Å². The highest BCUT2D eigenvalue weighted by Crippen LogP contribution is 2.45. The van der Waals surface area contributed by atoms with E-state index in [0.29, 0.717) is 0 Å². The van der Waals surface area contributed by atoms with Crippen molar-refractivity contribution in [1.29, 1.82) is 0 Å². The highest BCUT2D eigenvalue weighted by Gasteiger charge is 2.19. The fraction of sp³-hybridized carbons (Fsp3) is 0.182. The lowest BCUT2D eigenvalue weighted by Gasteiger charge is -2.19. The minimum absolute atomic E-state index is 0.855. The molecule has 2 nitrogen and oxygen atoms in total. The summed E-state index contributed by atoms with van der Waals surface area (Å²) in [7, 11) is 3.36. The molecule has 0 fully saturated rings. The lowest BCUT2D eigenvalue weighted by molar-refractivity contribution is 0.415. The van der Waals surface area contributed by atoms with E-state index < -0.39 is 0 Å². The zero-order chi connectivity index (χ0) is 18.8. The molecule has 0 radical (unpaired) electrons. The van der Waals surface area contributed by atoms with Gasteiger partial charge in [-0.05, 0) is 92.2 Å². The van der Waals surface area contributed by atoms with Crippen molar-refractivity contribution in [2.75, 3.05) is 14.2 Å². The molecule has 134 valence electrons. The van der Waals surface area contributed by atoms with Gasteiger partial charge >= 0.3 is 0 Å². The Bertz CT molecular complexity index is 822. The summed E-state index contributed by atoms with van der Waals surface area (Å²) in [6, 6.07) is 16.3. The SMILES string of the molecule is COc1ccc(-c2c(C)c(Br)c(-c3ccc(OC)cc3)c(C)c2Br)cc1. The van der Waals surface area contributed by atoms with E-state index in [9.17, 15) is 0 Å². The smallest absolute Gasteiger partial charge is 0.118 e. The summed E-state index contributed by atoms with van der Waals surface area (Å²) < 4.78 is 12.8. The van der Waals surface area contributed by atoms with Gasteiger partial charge in [0.25, 0.3) is 0 Å². The molecule has 3 aromatic rings. The Morgan fingerprint density at radius 3 is 1.15 bits per heavy atom. The van der Waals surface area contributed by atoms with Crippen LogP contribution in [0.25, 0.3) is 22.3 Å². The van der Waals surface area contributed by atoms with Crippen LogP contribution in [-0.4, -0.2) is 14.2 Å². The summed E-state index contributed by atoms with van der Waals surface area (Å²) in [5.74, 6) is 1.71. The molecular weight excluding hydrogens is 456 g/mol. The van der Waals surface area contributed by atoms with E-state index in [1.54, 1.807) is 14.2 Å². The lowest BCUT2D eigenvalue weighted by atomic mass is 9.92. The molecule has 0 saturated carbocycles. The van der Waals surface area contributed by atoms with Crippen molar-refractivity contribution in [3.05, 3.63) is 68.6 Å². The van der Waals surface area contributed by atoms with Crippen molar-refractivity contribution < 1.29 is 9.47 Å². The molecular formula is C22H20Br2O2. The Labute approximate surface area is 171 Å². The van der Waals surface area contributed by atoms with Gasteiger partial charge in [-0.15, -0.1) is 0 Å². The van der Waals surface area contributed by atoms with E-state index in [1.807, 2.05) is 24.3 Å². The first-order valence-corrected chi connectivity index (χ1v) is 9.83. The molecule has 3 rings (SSSR count). The summed E-state index contributed by atoms with van der Waals surface area (Å²) in [6.07, 6.45) is 0. The zero-order valence-corrected chi connectivity index (χ0v) is 18.4. The van der Waals surface area contributed by atoms with Crippen molar-refractivity contribution in [1.82, 2.24) is 0 Å². The number of halogens is 2. The van der Waals surface area contributed by atoms with E-state index in [1.165, 1.54) is 22.3 Å². The third-order valence-corrected chi connectivity index (χ3v) is 6.59. The molecule has 0 saturated heterocycles. The Morgan fingerprint density at radius 2 is 0.885 bits per heavy atom. The fourth-order valence-electron chi connectivity index (χ4n) is 3.13. The molecule has 0 aliphatic rings. The maximum atomic E-state index is 5.28. The molecule has 0 bridgehead atoms. The molecule has 0 heterocycles. The van der Waals surface area contributed by atoms with Crippen LogP contribution >= 0.6 is 31.9 Å². The van der Waals surface area contributed by atoms with Crippen LogP contribution in [0.3, 0.4) is 0 Å². The van der Waals surface area contributed by atoms with Crippen LogP contribution in [0.4, 0.5) is 0 Å². The first-order chi connectivity index (χ1) is 12.5. The van der Waals surface area contributed by atoms with Gasteiger partial charge in [0.05, 0.1) is 14.2 Å². The van der Waals surface area contributed by atoms with Crippen molar-refractivity contribution in [3.8, 4) is 33.8 Å². The molecule has 0 atom stereocenters. The molecule has 0 amide bonds. The van der Waals surface area contributed by atoms with Crippen LogP contribution in [0, 0.1) is 13.8 Å². The topological polar surface area (TPSA) is 18.5 Å². The van der Waals surface area contributed by atoms with Crippen molar-refractivity contribution in [3.63, 3.8) is 0 Å². The van der Waals surface area contributed by atoms with Gasteiger partial charge in [-0.25, -0.2) is 0 Å². The van der Waals surface area contributed by atoms with Crippen LogP contribution in [-0.2, 0) is 0 Å². The van der Waals surface area contributed by atoms with Crippen LogP contribution in [0.1, 0.15) is 11.1 Å². The Kier molecular flexibility index (Phi) is 5.73. The van der Waals surface area contributed by atoms with Crippen molar-refractivity contribution in [2.24, 2.45) is 0 Å². The summed E-state index contributed by atoms with van der Waals surface area (Å²) in [4.78, 5) is 0. The van der Waals surface area contributed by atoms with Crippen LogP contribution in [0.5, 0.6) is 11.5 Å². The first kappa shape index (κ1) is 19.0. The number of rotatable bonds is 4. The molecule has 0 N–H and O–H groups in total. The monoisotopic (exact) mass is 474 g/mol. The third-order valence-electron chi connectivity index (χ3n) is 4.60. The van der Waals surface area contributed by atoms with E-state index in [0.717, 1.165) is 31.6 Å². The standard InChI is InChI=1S/C22H20Br2O2/c1-13-19(15-5-9-17(25-3)10-6-15)22(24)14(2)20(21(13)23)16-7-11-18(26-4)12-8-16/h5-12H,1-4H3. The zero-order valence-electron chi connectivity index (χ0n) is 15.2. The average molecular weight is 476 g/mol. The highest BCUT2D eigenvalue weighted by molar-refractivity contribution is 9.11. The number of hydrogen-bond acceptors (Lipinski definition) is 2. The quantitative estimate of drug-likeness (QED) is 0.397. The predicted molar refractivity (Wildman–Crippen MR) is 115 cm³/mol. The predicted octanol–water partition coefficient (Wildman–Crippen LogP) is 7.18. The van der Waals surface area contributed by atoms with Gasteiger partial charge in [0, 0.05) is 20.1 Å². The van der Waals surface area contributed by atoms with E-state index in [4.69, 9.17) is 9.47 Å². The Hall–Kier alpha value is -1.78. The molecule has 0 aromatic heterocycles. The molecule has 0 unspecified atom stereocenters. The Morgan fingerprint density at radius 1 is 0.577 bits per heavy atom. The number of methoxy groups -OCH3 is 2. The molecule has 0 spiro atoms. The average Bonchev–Trinajstić information content (AvgIpc) is 2.68. The summed E-state index contributed by atoms with van der Waals surface area (Å²) in [6.45, 7) is 4.28. The van der Waals surface area contributed by atoms with Crippen molar-refractivity contribution >= 4 is 31.9 Å². The summed E-state index contributed by atoms with van der Waals surface area (Å²) >= 11 is 7.67. The first-order valence-electron chi connectivity index (χ1n) is 8.25. The van der Waals surface area contributed by atoms with Gasteiger partial charge < -0.3 is 9.47 Å². The fourth-order valence-corrected chi connectivity index (χ4v) is 4.57. The maximum Gasteiger partial charge on any atom is 0.118 e. The largest absolute Gasteiger partial charge is 0.497 e. The second kappa shape index (κ2) is 7.85. The normalized spacial score (nSPS) is 10.7. The summed E-state index contributed by atoms with van der Waals surface area (Å²) in [5.41, 5.74) is 7.07. The van der Waals surface area contributed by atoms with Crippen LogP contribution in [0.15, 0.2) is 57.5 Å². The molecule has 26 heavy (non-hydrogen) atoms. The molecule has 0 aliphatic heterocycles. The van der Waals surface area contributed by atoms with E-state index >= 15 is 0 Å². The van der Waals surface area contributed by atoms with E-state index in [2.05, 4.69) is 70.0 Å². The Balaban J connectivity index is 2.17. The van der Waals surface area contributed by atoms with Gasteiger partial charge in [0.2, 0.25) is 0 Å². The minimum Gasteiger partial charge on any atom is -0.497 e. The second-order valence-electron chi connectivity index (χ2n) is 6.08. The van der Waals surface area contributed by atoms with Gasteiger partial charge in [-0.1, -0.05) is 24.3 Å².